The maximum atomic E-state index is 11.1. The summed E-state index contributed by atoms with van der Waals surface area (Å²) in [5, 5.41) is 11.1. The predicted molar refractivity (Wildman–Crippen MR) is 72.3 cm³/mol. The standard InChI is InChI=1S/C12H13N5O2/c1-8-10(17(18)19)11(15-12(13)14-8)16(2)9-6-4-3-5-7-9/h3-7H,1-2H3,(H2,13,14,15). The highest BCUT2D eigenvalue weighted by Gasteiger charge is 2.24. The molecule has 0 aliphatic carbocycles. The molecule has 1 aromatic heterocycles. The number of para-hydroxylation sites is 1. The molecule has 2 rings (SSSR count). The van der Waals surface area contributed by atoms with Gasteiger partial charge in [-0.3, -0.25) is 10.1 Å². The molecule has 0 unspecified atom stereocenters. The van der Waals surface area contributed by atoms with Crippen LogP contribution in [-0.2, 0) is 0 Å². The fourth-order valence-corrected chi connectivity index (χ4v) is 1.79. The highest BCUT2D eigenvalue weighted by atomic mass is 16.6. The van der Waals surface area contributed by atoms with E-state index >= 15 is 0 Å². The Bertz CT molecular complexity index is 615. The molecule has 0 saturated carbocycles. The van der Waals surface area contributed by atoms with Crippen molar-refractivity contribution in [3.63, 3.8) is 0 Å². The minimum Gasteiger partial charge on any atom is -0.368 e. The van der Waals surface area contributed by atoms with Gasteiger partial charge in [0.2, 0.25) is 11.8 Å². The molecule has 2 N–H and O–H groups in total. The van der Waals surface area contributed by atoms with Crippen molar-refractivity contribution < 1.29 is 4.92 Å². The molecule has 98 valence electrons. The number of hydrogen-bond donors (Lipinski definition) is 1. The van der Waals surface area contributed by atoms with Crippen molar-refractivity contribution in [1.29, 1.82) is 0 Å². The van der Waals surface area contributed by atoms with Crippen molar-refractivity contribution in [2.24, 2.45) is 0 Å². The van der Waals surface area contributed by atoms with Crippen LogP contribution in [0.15, 0.2) is 30.3 Å². The maximum Gasteiger partial charge on any atom is 0.333 e. The molecular weight excluding hydrogens is 246 g/mol. The summed E-state index contributed by atoms with van der Waals surface area (Å²) >= 11 is 0. The van der Waals surface area contributed by atoms with E-state index in [4.69, 9.17) is 5.73 Å². The first-order chi connectivity index (χ1) is 9.00. The quantitative estimate of drug-likeness (QED) is 0.669. The number of anilines is 3. The minimum absolute atomic E-state index is 0.0147. The highest BCUT2D eigenvalue weighted by molar-refractivity contribution is 5.69. The molecule has 0 amide bonds. The van der Waals surface area contributed by atoms with Crippen LogP contribution >= 0.6 is 0 Å². The third-order valence-corrected chi connectivity index (χ3v) is 2.70. The van der Waals surface area contributed by atoms with Gasteiger partial charge in [-0.15, -0.1) is 0 Å². The highest BCUT2D eigenvalue weighted by Crippen LogP contribution is 2.32. The van der Waals surface area contributed by atoms with Crippen LogP contribution < -0.4 is 10.6 Å². The lowest BCUT2D eigenvalue weighted by molar-refractivity contribution is -0.385. The topological polar surface area (TPSA) is 98.2 Å². The smallest absolute Gasteiger partial charge is 0.333 e. The molecule has 2 aromatic rings. The van der Waals surface area contributed by atoms with Gasteiger partial charge in [-0.05, 0) is 19.1 Å². The van der Waals surface area contributed by atoms with Crippen molar-refractivity contribution in [1.82, 2.24) is 9.97 Å². The van der Waals surface area contributed by atoms with Gasteiger partial charge in [-0.1, -0.05) is 18.2 Å². The van der Waals surface area contributed by atoms with E-state index < -0.39 is 4.92 Å². The van der Waals surface area contributed by atoms with Crippen LogP contribution in [0.3, 0.4) is 0 Å². The average molecular weight is 259 g/mol. The second kappa shape index (κ2) is 4.89. The van der Waals surface area contributed by atoms with Crippen LogP contribution in [0.1, 0.15) is 5.69 Å². The third-order valence-electron chi connectivity index (χ3n) is 2.70. The van der Waals surface area contributed by atoms with Crippen molar-refractivity contribution in [2.75, 3.05) is 17.7 Å². The summed E-state index contributed by atoms with van der Waals surface area (Å²) in [6.45, 7) is 1.54. The maximum absolute atomic E-state index is 11.1. The summed E-state index contributed by atoms with van der Waals surface area (Å²) in [6, 6.07) is 9.21. The first-order valence-electron chi connectivity index (χ1n) is 5.58. The molecule has 1 aromatic carbocycles. The molecule has 0 fully saturated rings. The summed E-state index contributed by atoms with van der Waals surface area (Å²) in [5.41, 5.74) is 6.46. The number of rotatable bonds is 3. The fourth-order valence-electron chi connectivity index (χ4n) is 1.79. The van der Waals surface area contributed by atoms with Gasteiger partial charge in [0.1, 0.15) is 5.69 Å². The lowest BCUT2D eigenvalue weighted by Crippen LogP contribution is -2.16. The number of aryl methyl sites for hydroxylation is 1. The largest absolute Gasteiger partial charge is 0.368 e. The van der Waals surface area contributed by atoms with E-state index in [1.807, 2.05) is 30.3 Å². The van der Waals surface area contributed by atoms with Gasteiger partial charge in [0.25, 0.3) is 0 Å². The molecule has 1 heterocycles. The SMILES string of the molecule is Cc1nc(N)nc(N(C)c2ccccc2)c1[N+](=O)[O-]. The number of benzene rings is 1. The summed E-state index contributed by atoms with van der Waals surface area (Å²) in [5.74, 6) is 0.196. The number of nitro groups is 1. The van der Waals surface area contributed by atoms with E-state index in [0.29, 0.717) is 0 Å². The first-order valence-corrected chi connectivity index (χ1v) is 5.58. The Balaban J connectivity index is 2.58. The molecular formula is C12H13N5O2. The number of nitrogens with two attached hydrogens (primary N) is 1. The van der Waals surface area contributed by atoms with Gasteiger partial charge in [0, 0.05) is 12.7 Å². The first kappa shape index (κ1) is 12.7. The van der Waals surface area contributed by atoms with Gasteiger partial charge < -0.3 is 10.6 Å². The zero-order valence-electron chi connectivity index (χ0n) is 10.6. The Morgan fingerprint density at radius 3 is 2.47 bits per heavy atom. The van der Waals surface area contributed by atoms with Gasteiger partial charge in [0.15, 0.2) is 0 Å². The number of nitrogen functional groups attached to an aromatic ring is 1. The van der Waals surface area contributed by atoms with E-state index in [9.17, 15) is 10.1 Å². The van der Waals surface area contributed by atoms with E-state index in [1.54, 1.807) is 18.9 Å². The zero-order valence-corrected chi connectivity index (χ0v) is 10.6. The zero-order chi connectivity index (χ0) is 14.0. The molecule has 7 heteroatoms. The van der Waals surface area contributed by atoms with E-state index in [2.05, 4.69) is 9.97 Å². The van der Waals surface area contributed by atoms with E-state index in [0.717, 1.165) is 5.69 Å². The molecule has 0 atom stereocenters. The van der Waals surface area contributed by atoms with Crippen LogP contribution in [-0.4, -0.2) is 21.9 Å². The van der Waals surface area contributed by atoms with Crippen molar-refractivity contribution in [3.05, 3.63) is 46.1 Å². The summed E-state index contributed by atoms with van der Waals surface area (Å²) in [6.07, 6.45) is 0. The number of aromatic nitrogens is 2. The monoisotopic (exact) mass is 259 g/mol. The average Bonchev–Trinajstić information content (AvgIpc) is 2.37. The normalized spacial score (nSPS) is 10.2. The van der Waals surface area contributed by atoms with Crippen LogP contribution in [0.25, 0.3) is 0 Å². The van der Waals surface area contributed by atoms with Crippen LogP contribution in [0.4, 0.5) is 23.1 Å². The predicted octanol–water partition coefficient (Wildman–Crippen LogP) is 2.04. The Hall–Kier alpha value is -2.70. The van der Waals surface area contributed by atoms with Gasteiger partial charge in [-0.25, -0.2) is 4.98 Å². The molecule has 19 heavy (non-hydrogen) atoms. The lowest BCUT2D eigenvalue weighted by atomic mass is 10.2. The summed E-state index contributed by atoms with van der Waals surface area (Å²) < 4.78 is 0. The van der Waals surface area contributed by atoms with Crippen molar-refractivity contribution >= 4 is 23.1 Å². The number of nitrogens with zero attached hydrogens (tertiary/aromatic N) is 4. The van der Waals surface area contributed by atoms with Gasteiger partial charge in [0.05, 0.1) is 4.92 Å². The van der Waals surface area contributed by atoms with Crippen molar-refractivity contribution in [2.45, 2.75) is 6.92 Å². The molecule has 0 bridgehead atoms. The van der Waals surface area contributed by atoms with E-state index in [1.165, 1.54) is 0 Å². The molecule has 0 aliphatic rings. The molecule has 0 spiro atoms. The van der Waals surface area contributed by atoms with Crippen LogP contribution in [0.2, 0.25) is 0 Å². The number of hydrogen-bond acceptors (Lipinski definition) is 6. The Morgan fingerprint density at radius 2 is 1.89 bits per heavy atom. The second-order valence-corrected chi connectivity index (χ2v) is 3.99. The summed E-state index contributed by atoms with van der Waals surface area (Å²) in [4.78, 5) is 20.1. The summed E-state index contributed by atoms with van der Waals surface area (Å²) in [7, 11) is 1.70. The molecule has 0 radical (unpaired) electrons. The van der Waals surface area contributed by atoms with Crippen LogP contribution in [0.5, 0.6) is 0 Å². The Morgan fingerprint density at radius 1 is 1.26 bits per heavy atom. The lowest BCUT2D eigenvalue weighted by Gasteiger charge is -2.18. The minimum atomic E-state index is -0.496. The Kier molecular flexibility index (Phi) is 3.28. The Labute approximate surface area is 109 Å². The second-order valence-electron chi connectivity index (χ2n) is 3.99. The third kappa shape index (κ3) is 2.44. The fraction of sp³-hybridized carbons (Fsp3) is 0.167. The van der Waals surface area contributed by atoms with Gasteiger partial charge >= 0.3 is 5.69 Å². The van der Waals surface area contributed by atoms with Crippen LogP contribution in [0, 0.1) is 17.0 Å². The van der Waals surface area contributed by atoms with E-state index in [-0.39, 0.29) is 23.1 Å². The van der Waals surface area contributed by atoms with Gasteiger partial charge in [-0.2, -0.15) is 4.98 Å². The van der Waals surface area contributed by atoms with Crippen molar-refractivity contribution in [3.8, 4) is 0 Å². The molecule has 0 aliphatic heterocycles. The molecule has 7 nitrogen and oxygen atoms in total. The molecule has 0 saturated heterocycles.